The van der Waals surface area contributed by atoms with Crippen LogP contribution in [0, 0.1) is 0 Å². The molecule has 0 bridgehead atoms. The number of hydrogen-bond acceptors (Lipinski definition) is 5. The van der Waals surface area contributed by atoms with Crippen LogP contribution in [0.15, 0.2) is 29.3 Å². The highest BCUT2D eigenvalue weighted by Gasteiger charge is 2.29. The maximum Gasteiger partial charge on any atom is 0.254 e. The van der Waals surface area contributed by atoms with Gasteiger partial charge in [-0.1, -0.05) is 23.9 Å². The highest BCUT2D eigenvalue weighted by Crippen LogP contribution is 2.35. The predicted octanol–water partition coefficient (Wildman–Crippen LogP) is 2.50. The van der Waals surface area contributed by atoms with E-state index in [1.54, 1.807) is 23.5 Å². The van der Waals surface area contributed by atoms with E-state index in [4.69, 9.17) is 5.73 Å². The van der Waals surface area contributed by atoms with Crippen molar-refractivity contribution in [1.82, 2.24) is 4.90 Å². The summed E-state index contributed by atoms with van der Waals surface area (Å²) in [6.45, 7) is 2.95. The molecule has 3 rings (SSSR count). The van der Waals surface area contributed by atoms with Crippen molar-refractivity contribution in [3.63, 3.8) is 0 Å². The molecule has 0 radical (unpaired) electrons. The van der Waals surface area contributed by atoms with Crippen molar-refractivity contribution in [2.24, 2.45) is 10.7 Å². The molecule has 4 nitrogen and oxygen atoms in total. The zero-order valence-corrected chi connectivity index (χ0v) is 13.7. The van der Waals surface area contributed by atoms with E-state index in [0.29, 0.717) is 5.17 Å². The van der Waals surface area contributed by atoms with Crippen molar-refractivity contribution >= 4 is 34.6 Å². The van der Waals surface area contributed by atoms with E-state index in [1.807, 2.05) is 29.2 Å². The molecule has 2 N–H and O–H groups in total. The minimum absolute atomic E-state index is 0.124. The Kier molecular flexibility index (Phi) is 4.17. The van der Waals surface area contributed by atoms with E-state index < -0.39 is 0 Å². The molecule has 0 aliphatic carbocycles. The predicted molar refractivity (Wildman–Crippen MR) is 90.9 cm³/mol. The monoisotopic (exact) mass is 321 g/mol. The lowest BCUT2D eigenvalue weighted by molar-refractivity contribution is 0.0802. The number of aliphatic imine (C=N–C) groups is 1. The molecule has 112 valence electrons. The molecule has 2 aliphatic rings. The molecule has 1 aromatic carbocycles. The zero-order valence-electron chi connectivity index (χ0n) is 12.0. The Bertz CT molecular complexity index is 567. The van der Waals surface area contributed by atoms with Crippen LogP contribution >= 0.6 is 23.5 Å². The van der Waals surface area contributed by atoms with Crippen LogP contribution < -0.4 is 5.73 Å². The van der Waals surface area contributed by atoms with Gasteiger partial charge in [-0.05, 0) is 31.0 Å². The second-order valence-corrected chi connectivity index (χ2v) is 7.70. The summed E-state index contributed by atoms with van der Waals surface area (Å²) < 4.78 is 0. The second kappa shape index (κ2) is 5.93. The lowest BCUT2D eigenvalue weighted by Gasteiger charge is -2.29. The number of carbonyl (C=O) groups excluding carboxylic acids is 1. The molecule has 1 unspecified atom stereocenters. The normalized spacial score (nSPS) is 25.8. The lowest BCUT2D eigenvalue weighted by atomic mass is 9.89. The number of hydrogen-bond donors (Lipinski definition) is 1. The highest BCUT2D eigenvalue weighted by molar-refractivity contribution is 8.13. The lowest BCUT2D eigenvalue weighted by Crippen LogP contribution is -2.29. The van der Waals surface area contributed by atoms with Crippen molar-refractivity contribution in [3.8, 4) is 0 Å². The average molecular weight is 321 g/mol. The summed E-state index contributed by atoms with van der Waals surface area (Å²) in [4.78, 5) is 18.8. The van der Waals surface area contributed by atoms with Gasteiger partial charge in [-0.3, -0.25) is 9.79 Å². The van der Waals surface area contributed by atoms with Crippen LogP contribution in [0.4, 0.5) is 0 Å². The maximum absolute atomic E-state index is 12.3. The molecular weight excluding hydrogens is 302 g/mol. The van der Waals surface area contributed by atoms with E-state index in [0.717, 1.165) is 41.5 Å². The summed E-state index contributed by atoms with van der Waals surface area (Å²) in [5, 5.41) is 0.651. The summed E-state index contributed by atoms with van der Waals surface area (Å²) in [5.74, 6) is 2.94. The Morgan fingerprint density at radius 1 is 1.33 bits per heavy atom. The van der Waals surface area contributed by atoms with Crippen molar-refractivity contribution < 1.29 is 4.79 Å². The van der Waals surface area contributed by atoms with Gasteiger partial charge in [0, 0.05) is 23.6 Å². The quantitative estimate of drug-likeness (QED) is 0.909. The summed E-state index contributed by atoms with van der Waals surface area (Å²) in [5.41, 5.74) is 7.47. The SMILES string of the molecule is CC1(c2ccc(C(=O)N3CCSC3)cc2)CCSC(N)=N1. The molecule has 1 amide bonds. The number of amidine groups is 1. The van der Waals surface area contributed by atoms with Gasteiger partial charge in [0.1, 0.15) is 0 Å². The number of carbonyl (C=O) groups is 1. The van der Waals surface area contributed by atoms with Gasteiger partial charge in [-0.25, -0.2) is 0 Å². The summed E-state index contributed by atoms with van der Waals surface area (Å²) in [6, 6.07) is 7.87. The minimum Gasteiger partial charge on any atom is -0.379 e. The molecule has 6 heteroatoms. The fraction of sp³-hybridized carbons (Fsp3) is 0.467. The van der Waals surface area contributed by atoms with Gasteiger partial charge in [0.25, 0.3) is 5.91 Å². The van der Waals surface area contributed by atoms with Gasteiger partial charge in [0.05, 0.1) is 11.4 Å². The largest absolute Gasteiger partial charge is 0.379 e. The third kappa shape index (κ3) is 3.06. The van der Waals surface area contributed by atoms with E-state index in [1.165, 1.54) is 0 Å². The third-order valence-corrected chi connectivity index (χ3v) is 5.75. The fourth-order valence-electron chi connectivity index (χ4n) is 2.62. The van der Waals surface area contributed by atoms with E-state index >= 15 is 0 Å². The van der Waals surface area contributed by atoms with Crippen LogP contribution in [0.3, 0.4) is 0 Å². The molecule has 21 heavy (non-hydrogen) atoms. The van der Waals surface area contributed by atoms with Crippen molar-refractivity contribution in [1.29, 1.82) is 0 Å². The van der Waals surface area contributed by atoms with Gasteiger partial charge in [0.15, 0.2) is 5.17 Å². The first-order valence-electron chi connectivity index (χ1n) is 7.04. The van der Waals surface area contributed by atoms with Crippen LogP contribution in [0.5, 0.6) is 0 Å². The third-order valence-electron chi connectivity index (χ3n) is 3.99. The van der Waals surface area contributed by atoms with Crippen molar-refractivity contribution in [2.45, 2.75) is 18.9 Å². The van der Waals surface area contributed by atoms with E-state index in [2.05, 4.69) is 11.9 Å². The molecule has 0 spiro atoms. The summed E-state index contributed by atoms with van der Waals surface area (Å²) in [7, 11) is 0. The van der Waals surface area contributed by atoms with Crippen LogP contribution in [-0.2, 0) is 5.54 Å². The molecule has 1 atom stereocenters. The van der Waals surface area contributed by atoms with Crippen molar-refractivity contribution in [3.05, 3.63) is 35.4 Å². The zero-order chi connectivity index (χ0) is 14.9. The topological polar surface area (TPSA) is 58.7 Å². The molecular formula is C15H19N3OS2. The fourth-order valence-corrected chi connectivity index (χ4v) is 4.54. The number of benzene rings is 1. The number of amides is 1. The van der Waals surface area contributed by atoms with Gasteiger partial charge < -0.3 is 10.6 Å². The van der Waals surface area contributed by atoms with E-state index in [9.17, 15) is 4.79 Å². The van der Waals surface area contributed by atoms with Crippen LogP contribution in [-0.4, -0.2) is 39.9 Å². The summed E-state index contributed by atoms with van der Waals surface area (Å²) >= 11 is 3.41. The Hall–Kier alpha value is -1.14. The Morgan fingerprint density at radius 3 is 2.71 bits per heavy atom. The highest BCUT2D eigenvalue weighted by atomic mass is 32.2. The van der Waals surface area contributed by atoms with Crippen molar-refractivity contribution in [2.75, 3.05) is 23.9 Å². The van der Waals surface area contributed by atoms with Gasteiger partial charge in [0.2, 0.25) is 0 Å². The molecule has 1 fully saturated rings. The summed E-state index contributed by atoms with van der Waals surface area (Å²) in [6.07, 6.45) is 0.967. The first-order valence-corrected chi connectivity index (χ1v) is 9.18. The van der Waals surface area contributed by atoms with E-state index in [-0.39, 0.29) is 11.4 Å². The number of thioether (sulfide) groups is 2. The number of nitrogens with zero attached hydrogens (tertiary/aromatic N) is 2. The second-order valence-electron chi connectivity index (χ2n) is 5.51. The first-order chi connectivity index (χ1) is 10.1. The number of rotatable bonds is 2. The van der Waals surface area contributed by atoms with Crippen LogP contribution in [0.2, 0.25) is 0 Å². The molecule has 2 aliphatic heterocycles. The molecule has 1 saturated heterocycles. The minimum atomic E-state index is -0.263. The molecule has 1 aromatic rings. The first kappa shape index (κ1) is 14.8. The Morgan fingerprint density at radius 2 is 2.10 bits per heavy atom. The molecule has 0 aromatic heterocycles. The maximum atomic E-state index is 12.3. The molecule has 0 saturated carbocycles. The van der Waals surface area contributed by atoms with Gasteiger partial charge in [-0.15, -0.1) is 11.8 Å². The Balaban J connectivity index is 1.80. The van der Waals surface area contributed by atoms with Gasteiger partial charge >= 0.3 is 0 Å². The van der Waals surface area contributed by atoms with Crippen LogP contribution in [0.25, 0.3) is 0 Å². The standard InChI is InChI=1S/C15H19N3OS2/c1-15(6-8-21-14(16)17-15)12-4-2-11(3-5-12)13(19)18-7-9-20-10-18/h2-5H,6-10H2,1H3,(H2,16,17). The molecule has 2 heterocycles. The van der Waals surface area contributed by atoms with Crippen LogP contribution in [0.1, 0.15) is 29.3 Å². The average Bonchev–Trinajstić information content (AvgIpc) is 3.00. The number of nitrogens with two attached hydrogens (primary N) is 1. The smallest absolute Gasteiger partial charge is 0.254 e. The van der Waals surface area contributed by atoms with Gasteiger partial charge in [-0.2, -0.15) is 0 Å². The Labute approximate surface area is 133 Å².